The first-order chi connectivity index (χ1) is 8.33. The van der Waals surface area contributed by atoms with E-state index in [0.717, 1.165) is 16.7 Å². The lowest BCUT2D eigenvalue weighted by molar-refractivity contribution is 0.565. The maximum atomic E-state index is 10.1. The average Bonchev–Trinajstić information content (AvgIpc) is 2.40. The summed E-state index contributed by atoms with van der Waals surface area (Å²) in [4.78, 5) is 13.6. The molecule has 0 aliphatic rings. The summed E-state index contributed by atoms with van der Waals surface area (Å²) in [6.45, 7) is 3.72. The molecule has 0 radical (unpaired) electrons. The first-order valence-electron chi connectivity index (χ1n) is 5.24. The summed E-state index contributed by atoms with van der Waals surface area (Å²) in [6.07, 6.45) is 3.33. The Morgan fingerprint density at radius 1 is 0.941 bits per heavy atom. The Labute approximate surface area is 100.0 Å². The van der Waals surface area contributed by atoms with E-state index in [9.17, 15) is 4.79 Å². The molecule has 0 aliphatic heterocycles. The molecule has 0 atom stereocenters. The molecule has 17 heavy (non-hydrogen) atoms. The fourth-order valence-corrected chi connectivity index (χ4v) is 1.59. The largest absolute Gasteiger partial charge is 0.240 e. The van der Waals surface area contributed by atoms with Crippen LogP contribution in [0.15, 0.2) is 60.1 Å². The first kappa shape index (κ1) is 11.1. The molecule has 82 valence electrons. The zero-order chi connectivity index (χ0) is 12.1. The normalized spacial score (nSPS) is 9.41. The van der Waals surface area contributed by atoms with Crippen LogP contribution in [0.25, 0.3) is 17.2 Å². The van der Waals surface area contributed by atoms with Crippen molar-refractivity contribution in [3.63, 3.8) is 0 Å². The van der Waals surface area contributed by atoms with Crippen molar-refractivity contribution >= 4 is 17.8 Å². The number of hydrogen-bond acceptors (Lipinski definition) is 2. The van der Waals surface area contributed by atoms with Crippen LogP contribution in [0.4, 0.5) is 5.69 Å². The minimum Gasteiger partial charge on any atom is -0.211 e. The van der Waals surface area contributed by atoms with Crippen molar-refractivity contribution in [3.05, 3.63) is 60.7 Å². The van der Waals surface area contributed by atoms with E-state index in [1.807, 2.05) is 42.5 Å². The van der Waals surface area contributed by atoms with Gasteiger partial charge < -0.3 is 0 Å². The molecule has 0 bridgehead atoms. The number of carbonyl (C=O) groups excluding carboxylic acids is 1. The van der Waals surface area contributed by atoms with Gasteiger partial charge in [-0.15, -0.1) is 0 Å². The van der Waals surface area contributed by atoms with E-state index in [4.69, 9.17) is 0 Å². The highest BCUT2D eigenvalue weighted by Crippen LogP contribution is 2.22. The molecular weight excluding hydrogens is 210 g/mol. The van der Waals surface area contributed by atoms with E-state index < -0.39 is 0 Å². The highest BCUT2D eigenvalue weighted by atomic mass is 16.1. The van der Waals surface area contributed by atoms with E-state index in [1.54, 1.807) is 12.1 Å². The van der Waals surface area contributed by atoms with Gasteiger partial charge in [0.15, 0.2) is 0 Å². The standard InChI is InChI=1S/C15H11NO/c1-2-12-3-5-13(6-4-12)14-7-9-15(10-8-14)16-11-17/h2-10H,1H2. The Bertz CT molecular complexity index is 561. The number of aliphatic imine (C=N–C) groups is 1. The van der Waals surface area contributed by atoms with Gasteiger partial charge in [-0.05, 0) is 28.8 Å². The fraction of sp³-hybridized carbons (Fsp3) is 0. The van der Waals surface area contributed by atoms with Crippen molar-refractivity contribution in [3.8, 4) is 11.1 Å². The fourth-order valence-electron chi connectivity index (χ4n) is 1.59. The third-order valence-corrected chi connectivity index (χ3v) is 2.52. The Hall–Kier alpha value is -2.44. The first-order valence-corrected chi connectivity index (χ1v) is 5.24. The summed E-state index contributed by atoms with van der Waals surface area (Å²) in [5.41, 5.74) is 3.92. The zero-order valence-electron chi connectivity index (χ0n) is 9.26. The number of nitrogens with zero attached hydrogens (tertiary/aromatic N) is 1. The molecule has 0 saturated carbocycles. The Balaban J connectivity index is 2.32. The summed E-state index contributed by atoms with van der Waals surface area (Å²) < 4.78 is 0. The number of isocyanates is 1. The van der Waals surface area contributed by atoms with Crippen LogP contribution in [0.2, 0.25) is 0 Å². The molecule has 2 aromatic rings. The number of rotatable bonds is 3. The summed E-state index contributed by atoms with van der Waals surface area (Å²) >= 11 is 0. The van der Waals surface area contributed by atoms with Crippen LogP contribution < -0.4 is 0 Å². The van der Waals surface area contributed by atoms with Gasteiger partial charge in [0.1, 0.15) is 0 Å². The van der Waals surface area contributed by atoms with Gasteiger partial charge in [0.2, 0.25) is 6.08 Å². The van der Waals surface area contributed by atoms with Crippen LogP contribution in [0.3, 0.4) is 0 Å². The third kappa shape index (κ3) is 2.57. The molecule has 2 aromatic carbocycles. The average molecular weight is 221 g/mol. The van der Waals surface area contributed by atoms with Gasteiger partial charge in [0.05, 0.1) is 5.69 Å². The summed E-state index contributed by atoms with van der Waals surface area (Å²) in [6, 6.07) is 15.5. The maximum Gasteiger partial charge on any atom is 0.240 e. The molecule has 2 nitrogen and oxygen atoms in total. The van der Waals surface area contributed by atoms with Crippen LogP contribution >= 0.6 is 0 Å². The summed E-state index contributed by atoms with van der Waals surface area (Å²) in [5, 5.41) is 0. The van der Waals surface area contributed by atoms with Crippen molar-refractivity contribution in [1.82, 2.24) is 0 Å². The van der Waals surface area contributed by atoms with Crippen LogP contribution in [0.1, 0.15) is 5.56 Å². The molecule has 0 heterocycles. The van der Waals surface area contributed by atoms with Gasteiger partial charge in [0.25, 0.3) is 0 Å². The van der Waals surface area contributed by atoms with Crippen LogP contribution in [-0.2, 0) is 4.79 Å². The number of benzene rings is 2. The predicted molar refractivity (Wildman–Crippen MR) is 69.8 cm³/mol. The molecule has 0 saturated heterocycles. The SMILES string of the molecule is C=Cc1ccc(-c2ccc(N=C=O)cc2)cc1. The molecule has 0 amide bonds. The summed E-state index contributed by atoms with van der Waals surface area (Å²) in [5.74, 6) is 0. The van der Waals surface area contributed by atoms with Crippen molar-refractivity contribution in [2.45, 2.75) is 0 Å². The minimum absolute atomic E-state index is 0.617. The lowest BCUT2D eigenvalue weighted by Crippen LogP contribution is -1.77. The topological polar surface area (TPSA) is 29.4 Å². The van der Waals surface area contributed by atoms with E-state index >= 15 is 0 Å². The second-order valence-electron chi connectivity index (χ2n) is 3.58. The van der Waals surface area contributed by atoms with Gasteiger partial charge in [-0.25, -0.2) is 4.79 Å². The van der Waals surface area contributed by atoms with E-state index in [0.29, 0.717) is 5.69 Å². The van der Waals surface area contributed by atoms with Crippen molar-refractivity contribution in [2.24, 2.45) is 4.99 Å². The smallest absolute Gasteiger partial charge is 0.211 e. The Morgan fingerprint density at radius 3 is 1.94 bits per heavy atom. The van der Waals surface area contributed by atoms with Gasteiger partial charge in [0, 0.05) is 0 Å². The van der Waals surface area contributed by atoms with Crippen molar-refractivity contribution < 1.29 is 4.79 Å². The molecule has 0 N–H and O–H groups in total. The van der Waals surface area contributed by atoms with E-state index in [2.05, 4.69) is 11.6 Å². The van der Waals surface area contributed by atoms with Crippen LogP contribution in [0.5, 0.6) is 0 Å². The van der Waals surface area contributed by atoms with E-state index in [1.165, 1.54) is 6.08 Å². The molecule has 0 fully saturated rings. The van der Waals surface area contributed by atoms with Crippen LogP contribution in [-0.4, -0.2) is 6.08 Å². The molecule has 0 aliphatic carbocycles. The lowest BCUT2D eigenvalue weighted by atomic mass is 10.0. The molecule has 0 spiro atoms. The predicted octanol–water partition coefficient (Wildman–Crippen LogP) is 3.96. The van der Waals surface area contributed by atoms with Gasteiger partial charge in [-0.2, -0.15) is 4.99 Å². The third-order valence-electron chi connectivity index (χ3n) is 2.52. The molecule has 0 unspecified atom stereocenters. The van der Waals surface area contributed by atoms with Crippen LogP contribution in [0, 0.1) is 0 Å². The molecule has 2 rings (SSSR count). The highest BCUT2D eigenvalue weighted by molar-refractivity contribution is 5.67. The molecular formula is C15H11NO. The lowest BCUT2D eigenvalue weighted by Gasteiger charge is -2.02. The zero-order valence-corrected chi connectivity index (χ0v) is 9.26. The van der Waals surface area contributed by atoms with Gasteiger partial charge in [-0.1, -0.05) is 49.1 Å². The van der Waals surface area contributed by atoms with Gasteiger partial charge >= 0.3 is 0 Å². The molecule has 0 aromatic heterocycles. The minimum atomic E-state index is 0.617. The Morgan fingerprint density at radius 2 is 1.47 bits per heavy atom. The quantitative estimate of drug-likeness (QED) is 0.569. The monoisotopic (exact) mass is 221 g/mol. The molecule has 2 heteroatoms. The maximum absolute atomic E-state index is 10.1. The summed E-state index contributed by atoms with van der Waals surface area (Å²) in [7, 11) is 0. The Kier molecular flexibility index (Phi) is 3.29. The van der Waals surface area contributed by atoms with Gasteiger partial charge in [-0.3, -0.25) is 0 Å². The highest BCUT2D eigenvalue weighted by Gasteiger charge is 1.97. The second kappa shape index (κ2) is 5.06. The van der Waals surface area contributed by atoms with E-state index in [-0.39, 0.29) is 0 Å². The second-order valence-corrected chi connectivity index (χ2v) is 3.58. The van der Waals surface area contributed by atoms with Crippen molar-refractivity contribution in [1.29, 1.82) is 0 Å². The number of hydrogen-bond donors (Lipinski definition) is 0. The van der Waals surface area contributed by atoms with Crippen molar-refractivity contribution in [2.75, 3.05) is 0 Å².